The lowest BCUT2D eigenvalue weighted by atomic mass is 9.97. The van der Waals surface area contributed by atoms with E-state index in [2.05, 4.69) is 38.5 Å². The number of anilines is 1. The molecule has 1 fully saturated rings. The number of aromatic nitrogens is 5. The summed E-state index contributed by atoms with van der Waals surface area (Å²) in [6.07, 6.45) is 5.63. The maximum Gasteiger partial charge on any atom is 0.327 e. The lowest BCUT2D eigenvalue weighted by Crippen LogP contribution is -2.30. The van der Waals surface area contributed by atoms with Crippen LogP contribution in [0.2, 0.25) is 0 Å². The fourth-order valence-corrected chi connectivity index (χ4v) is 3.66. The first-order valence-electron chi connectivity index (χ1n) is 10.2. The van der Waals surface area contributed by atoms with Crippen LogP contribution in [0.5, 0.6) is 0 Å². The summed E-state index contributed by atoms with van der Waals surface area (Å²) >= 11 is 0. The number of carbonyl (C=O) groups is 1. The smallest absolute Gasteiger partial charge is 0.327 e. The van der Waals surface area contributed by atoms with Gasteiger partial charge in [0, 0.05) is 19.2 Å². The van der Waals surface area contributed by atoms with Gasteiger partial charge in [-0.05, 0) is 54.2 Å². The summed E-state index contributed by atoms with van der Waals surface area (Å²) in [7, 11) is 0. The van der Waals surface area contributed by atoms with Crippen LogP contribution in [0.1, 0.15) is 30.9 Å². The predicted molar refractivity (Wildman–Crippen MR) is 110 cm³/mol. The Hall–Kier alpha value is -3.56. The molecule has 0 atom stereocenters. The largest absolute Gasteiger partial charge is 0.480 e. The Kier molecular flexibility index (Phi) is 6.06. The molecule has 0 bridgehead atoms. The SMILES string of the molecule is CCc1ccc(F)cc1CC=C1CCN(c2cc(-c3nnn(CC(=O)O)n3)on2)CC1. The Bertz CT molecular complexity index is 1100. The molecular weight excluding hydrogens is 403 g/mol. The maximum absolute atomic E-state index is 13.6. The molecule has 10 heteroatoms. The molecule has 0 saturated carbocycles. The summed E-state index contributed by atoms with van der Waals surface area (Å²) in [4.78, 5) is 13.8. The first kappa shape index (κ1) is 20.7. The van der Waals surface area contributed by atoms with E-state index >= 15 is 0 Å². The summed E-state index contributed by atoms with van der Waals surface area (Å²) in [5, 5.41) is 24.4. The summed E-state index contributed by atoms with van der Waals surface area (Å²) in [6.45, 7) is 3.29. The number of tetrazole rings is 1. The van der Waals surface area contributed by atoms with Crippen molar-refractivity contribution in [2.75, 3.05) is 18.0 Å². The number of carboxylic acids is 1. The Morgan fingerprint density at radius 2 is 2.06 bits per heavy atom. The van der Waals surface area contributed by atoms with E-state index in [1.165, 1.54) is 17.2 Å². The fourth-order valence-electron chi connectivity index (χ4n) is 3.66. The molecule has 3 aromatic rings. The zero-order valence-electron chi connectivity index (χ0n) is 17.2. The van der Waals surface area contributed by atoms with Gasteiger partial charge in [-0.2, -0.15) is 4.80 Å². The van der Waals surface area contributed by atoms with Gasteiger partial charge in [0.25, 0.3) is 0 Å². The van der Waals surface area contributed by atoms with Gasteiger partial charge in [0.2, 0.25) is 11.6 Å². The number of benzene rings is 1. The highest BCUT2D eigenvalue weighted by molar-refractivity contribution is 5.66. The molecule has 31 heavy (non-hydrogen) atoms. The quantitative estimate of drug-likeness (QED) is 0.574. The second-order valence-corrected chi connectivity index (χ2v) is 7.41. The average molecular weight is 426 g/mol. The number of hydrogen-bond acceptors (Lipinski definition) is 7. The molecule has 1 aromatic carbocycles. The maximum atomic E-state index is 13.6. The van der Waals surface area contributed by atoms with Gasteiger partial charge in [0.05, 0.1) is 0 Å². The zero-order chi connectivity index (χ0) is 21.8. The third-order valence-corrected chi connectivity index (χ3v) is 5.34. The minimum atomic E-state index is -1.05. The Balaban J connectivity index is 1.36. The van der Waals surface area contributed by atoms with Crippen LogP contribution in [0, 0.1) is 5.82 Å². The van der Waals surface area contributed by atoms with Crippen molar-refractivity contribution < 1.29 is 18.8 Å². The van der Waals surface area contributed by atoms with Gasteiger partial charge in [0.15, 0.2) is 12.4 Å². The van der Waals surface area contributed by atoms with E-state index < -0.39 is 5.97 Å². The van der Waals surface area contributed by atoms with Crippen molar-refractivity contribution in [3.63, 3.8) is 0 Å². The number of hydrogen-bond donors (Lipinski definition) is 1. The monoisotopic (exact) mass is 426 g/mol. The van der Waals surface area contributed by atoms with Crippen LogP contribution in [0.15, 0.2) is 40.4 Å². The van der Waals surface area contributed by atoms with Gasteiger partial charge in [0.1, 0.15) is 5.82 Å². The highest BCUT2D eigenvalue weighted by Gasteiger charge is 2.20. The third-order valence-electron chi connectivity index (χ3n) is 5.34. The molecule has 162 valence electrons. The molecular formula is C21H23FN6O3. The molecule has 0 radical (unpaired) electrons. The normalized spacial score (nSPS) is 14.1. The van der Waals surface area contributed by atoms with Gasteiger partial charge >= 0.3 is 5.97 Å². The van der Waals surface area contributed by atoms with E-state index in [0.717, 1.165) is 49.1 Å². The molecule has 9 nitrogen and oxygen atoms in total. The summed E-state index contributed by atoms with van der Waals surface area (Å²) in [5.41, 5.74) is 3.58. The van der Waals surface area contributed by atoms with Crippen LogP contribution >= 0.6 is 0 Å². The van der Waals surface area contributed by atoms with Gasteiger partial charge in [-0.25, -0.2) is 4.39 Å². The zero-order valence-corrected chi connectivity index (χ0v) is 17.2. The van der Waals surface area contributed by atoms with E-state index in [1.807, 2.05) is 6.07 Å². The van der Waals surface area contributed by atoms with Crippen molar-refractivity contribution in [3.8, 4) is 11.6 Å². The summed E-state index contributed by atoms with van der Waals surface area (Å²) in [6, 6.07) is 6.74. The lowest BCUT2D eigenvalue weighted by molar-refractivity contribution is -0.138. The minimum Gasteiger partial charge on any atom is -0.480 e. The number of carboxylic acid groups (broad SMARTS) is 1. The number of piperidine rings is 1. The van der Waals surface area contributed by atoms with E-state index in [1.54, 1.807) is 12.1 Å². The van der Waals surface area contributed by atoms with Crippen LogP contribution in [0.4, 0.5) is 10.2 Å². The first-order chi connectivity index (χ1) is 15.0. The summed E-state index contributed by atoms with van der Waals surface area (Å²) < 4.78 is 18.9. The standard InChI is InChI=1S/C21H23FN6O3/c1-2-15-5-6-17(22)11-16(15)4-3-14-7-9-27(10-8-14)19-12-18(31-25-19)21-23-26-28(24-21)13-20(29)30/h3,5-6,11-12H,2,4,7-10,13H2,1H3,(H,29,30). The highest BCUT2D eigenvalue weighted by Crippen LogP contribution is 2.26. The van der Waals surface area contributed by atoms with Crippen LogP contribution in [-0.2, 0) is 24.2 Å². The molecule has 0 aliphatic carbocycles. The Morgan fingerprint density at radius 1 is 1.26 bits per heavy atom. The molecule has 0 amide bonds. The number of aryl methyl sites for hydroxylation is 1. The van der Waals surface area contributed by atoms with Gasteiger partial charge in [-0.15, -0.1) is 10.2 Å². The Labute approximate surface area is 178 Å². The predicted octanol–water partition coefficient (Wildman–Crippen LogP) is 2.88. The van der Waals surface area contributed by atoms with Crippen molar-refractivity contribution in [1.29, 1.82) is 0 Å². The number of aliphatic carboxylic acids is 1. The summed E-state index contributed by atoms with van der Waals surface area (Å²) in [5.74, 6) is -0.0323. The number of allylic oxidation sites excluding steroid dienone is 1. The molecule has 1 aliphatic heterocycles. The second-order valence-electron chi connectivity index (χ2n) is 7.41. The highest BCUT2D eigenvalue weighted by atomic mass is 19.1. The van der Waals surface area contributed by atoms with Crippen LogP contribution in [0.25, 0.3) is 11.6 Å². The van der Waals surface area contributed by atoms with Crippen molar-refractivity contribution in [2.24, 2.45) is 0 Å². The molecule has 3 heterocycles. The molecule has 1 aliphatic rings. The van der Waals surface area contributed by atoms with E-state index in [0.29, 0.717) is 11.6 Å². The van der Waals surface area contributed by atoms with Crippen LogP contribution in [0.3, 0.4) is 0 Å². The second kappa shape index (κ2) is 9.07. The van der Waals surface area contributed by atoms with Gasteiger partial charge < -0.3 is 14.5 Å². The minimum absolute atomic E-state index is 0.194. The van der Waals surface area contributed by atoms with E-state index in [9.17, 15) is 9.18 Å². The van der Waals surface area contributed by atoms with Crippen molar-refractivity contribution in [1.82, 2.24) is 25.4 Å². The van der Waals surface area contributed by atoms with Crippen LogP contribution in [-0.4, -0.2) is 49.5 Å². The molecule has 4 rings (SSSR count). The Morgan fingerprint density at radius 3 is 2.81 bits per heavy atom. The van der Waals surface area contributed by atoms with Gasteiger partial charge in [-0.1, -0.05) is 29.8 Å². The lowest BCUT2D eigenvalue weighted by Gasteiger charge is -2.28. The third kappa shape index (κ3) is 4.96. The average Bonchev–Trinajstić information content (AvgIpc) is 3.42. The molecule has 2 aromatic heterocycles. The number of halogens is 1. The first-order valence-corrected chi connectivity index (χ1v) is 10.2. The van der Waals surface area contributed by atoms with E-state index in [-0.39, 0.29) is 18.2 Å². The number of rotatable bonds is 7. The van der Waals surface area contributed by atoms with Crippen molar-refractivity contribution >= 4 is 11.8 Å². The molecule has 1 N–H and O–H groups in total. The number of nitrogens with zero attached hydrogens (tertiary/aromatic N) is 6. The topological polar surface area (TPSA) is 110 Å². The van der Waals surface area contributed by atoms with E-state index in [4.69, 9.17) is 9.63 Å². The molecule has 0 spiro atoms. The molecule has 1 saturated heterocycles. The van der Waals surface area contributed by atoms with Crippen molar-refractivity contribution in [3.05, 3.63) is 52.9 Å². The van der Waals surface area contributed by atoms with Crippen LogP contribution < -0.4 is 4.90 Å². The molecule has 0 unspecified atom stereocenters. The fraction of sp³-hybridized carbons (Fsp3) is 0.381. The van der Waals surface area contributed by atoms with Gasteiger partial charge in [-0.3, -0.25) is 4.79 Å². The van der Waals surface area contributed by atoms with Crippen molar-refractivity contribution in [2.45, 2.75) is 39.2 Å².